The van der Waals surface area contributed by atoms with Gasteiger partial charge in [0.2, 0.25) is 0 Å². The molecule has 0 saturated carbocycles. The van der Waals surface area contributed by atoms with Crippen LogP contribution in [0.15, 0.2) is 114 Å². The van der Waals surface area contributed by atoms with Crippen LogP contribution in [0.2, 0.25) is 0 Å². The van der Waals surface area contributed by atoms with Crippen LogP contribution in [0.25, 0.3) is 0 Å². The highest BCUT2D eigenvalue weighted by atomic mass is 79.9. The number of aryl methyl sites for hydroxylation is 1. The highest BCUT2D eigenvalue weighted by molar-refractivity contribution is 9.10. The van der Waals surface area contributed by atoms with Gasteiger partial charge in [-0.1, -0.05) is 76.6 Å². The molecule has 49 heavy (non-hydrogen) atoms. The first kappa shape index (κ1) is 32.4. The molecule has 3 heterocycles. The van der Waals surface area contributed by atoms with E-state index in [0.29, 0.717) is 59.1 Å². The molecule has 11 heteroatoms. The summed E-state index contributed by atoms with van der Waals surface area (Å²) in [5.74, 6) is -0.158. The predicted molar refractivity (Wildman–Crippen MR) is 189 cm³/mol. The Hall–Kier alpha value is -5.10. The van der Waals surface area contributed by atoms with Gasteiger partial charge in [-0.15, -0.1) is 5.10 Å². The summed E-state index contributed by atoms with van der Waals surface area (Å²) in [4.78, 5) is 31.5. The van der Waals surface area contributed by atoms with Gasteiger partial charge in [0.15, 0.2) is 11.4 Å². The van der Waals surface area contributed by atoms with Crippen molar-refractivity contribution in [2.75, 3.05) is 16.4 Å². The van der Waals surface area contributed by atoms with E-state index < -0.39 is 17.4 Å². The van der Waals surface area contributed by atoms with Crippen LogP contribution in [0.3, 0.4) is 0 Å². The van der Waals surface area contributed by atoms with Gasteiger partial charge in [0.1, 0.15) is 5.75 Å². The number of halogens is 1. The Balaban J connectivity index is 1.16. The van der Waals surface area contributed by atoms with Crippen LogP contribution >= 0.6 is 15.9 Å². The summed E-state index contributed by atoms with van der Waals surface area (Å²) in [5.41, 5.74) is 2.53. The second-order valence-electron chi connectivity index (χ2n) is 12.1. The molecule has 7 rings (SSSR count). The van der Waals surface area contributed by atoms with E-state index in [9.17, 15) is 14.7 Å². The van der Waals surface area contributed by atoms with Crippen molar-refractivity contribution in [2.45, 2.75) is 38.5 Å². The number of rotatable bonds is 10. The van der Waals surface area contributed by atoms with E-state index in [1.54, 1.807) is 38.9 Å². The maximum Gasteiger partial charge on any atom is 0.266 e. The number of aliphatic hydroxyl groups is 2. The van der Waals surface area contributed by atoms with Crippen molar-refractivity contribution in [3.05, 3.63) is 136 Å². The third-order valence-corrected chi connectivity index (χ3v) is 9.44. The molecule has 0 fully saturated rings. The number of aliphatic hydroxyl groups excluding tert-OH is 1. The number of carbonyl (C=O) groups excluding carboxylic acids is 2. The Bertz CT molecular complexity index is 2080. The number of hydrogen-bond donors (Lipinski definition) is 2. The minimum absolute atomic E-state index is 0.0137. The monoisotopic (exact) mass is 719 g/mol. The van der Waals surface area contributed by atoms with Crippen LogP contribution < -0.4 is 14.5 Å². The largest absolute Gasteiger partial charge is 0.454 e. The van der Waals surface area contributed by atoms with E-state index in [4.69, 9.17) is 9.84 Å². The predicted octanol–water partition coefficient (Wildman–Crippen LogP) is 6.68. The SMILES string of the molecule is C[C@H](/C=C/CCn1cc(CCO)nn1)[C@@]1(O)C(=O)N(Cc2cccc(N3C(=O)c4ccccc4Oc4ccccc43)c2)c2ccc(Br)cc21. The molecule has 2 aliphatic rings. The fourth-order valence-corrected chi connectivity index (χ4v) is 6.80. The molecule has 248 valence electrons. The molecule has 2 atom stereocenters. The summed E-state index contributed by atoms with van der Waals surface area (Å²) in [6, 6.07) is 27.6. The molecule has 0 saturated heterocycles. The number of hydrogen-bond acceptors (Lipinski definition) is 7. The highest BCUT2D eigenvalue weighted by Gasteiger charge is 2.52. The zero-order valence-electron chi connectivity index (χ0n) is 26.7. The number of nitrogens with zero attached hydrogens (tertiary/aromatic N) is 5. The van der Waals surface area contributed by atoms with Crippen molar-refractivity contribution in [1.29, 1.82) is 0 Å². The van der Waals surface area contributed by atoms with E-state index in [-0.39, 0.29) is 19.1 Å². The Kier molecular flexibility index (Phi) is 8.89. The minimum atomic E-state index is -1.80. The maximum atomic E-state index is 14.2. The smallest absolute Gasteiger partial charge is 0.266 e. The molecule has 2 N–H and O–H groups in total. The van der Waals surface area contributed by atoms with Crippen LogP contribution in [0.1, 0.15) is 40.5 Å². The summed E-state index contributed by atoms with van der Waals surface area (Å²) in [7, 11) is 0. The van der Waals surface area contributed by atoms with Gasteiger partial charge >= 0.3 is 0 Å². The first-order valence-electron chi connectivity index (χ1n) is 16.1. The molecule has 0 aliphatic carbocycles. The third kappa shape index (κ3) is 6.05. The van der Waals surface area contributed by atoms with E-state index in [1.807, 2.05) is 91.9 Å². The number of ether oxygens (including phenoxy) is 1. The molecule has 2 aliphatic heterocycles. The third-order valence-electron chi connectivity index (χ3n) is 8.95. The molecule has 0 spiro atoms. The molecule has 1 aromatic heterocycles. The topological polar surface area (TPSA) is 121 Å². The lowest BCUT2D eigenvalue weighted by molar-refractivity contribution is -0.139. The van der Waals surface area contributed by atoms with Gasteiger partial charge in [0, 0.05) is 47.4 Å². The van der Waals surface area contributed by atoms with Crippen molar-refractivity contribution in [3.63, 3.8) is 0 Å². The molecule has 0 bridgehead atoms. The lowest BCUT2D eigenvalue weighted by Crippen LogP contribution is -2.44. The number of allylic oxidation sites excluding steroid dienone is 1. The molecule has 4 aromatic carbocycles. The molecule has 5 aromatic rings. The molecule has 0 radical (unpaired) electrons. The Morgan fingerprint density at radius 1 is 0.959 bits per heavy atom. The number of fused-ring (bicyclic) bond motifs is 3. The first-order chi connectivity index (χ1) is 23.8. The first-order valence-corrected chi connectivity index (χ1v) is 16.9. The summed E-state index contributed by atoms with van der Waals surface area (Å²) < 4.78 is 8.63. The summed E-state index contributed by atoms with van der Waals surface area (Å²) in [5, 5.41) is 29.4. The maximum absolute atomic E-state index is 14.2. The van der Waals surface area contributed by atoms with Gasteiger partial charge in [0.05, 0.1) is 29.2 Å². The lowest BCUT2D eigenvalue weighted by atomic mass is 9.83. The van der Waals surface area contributed by atoms with Crippen LogP contribution in [-0.4, -0.2) is 43.6 Å². The summed E-state index contributed by atoms with van der Waals surface area (Å²) in [6.45, 7) is 2.60. The normalized spacial score (nSPS) is 17.5. The van der Waals surface area contributed by atoms with Crippen molar-refractivity contribution in [2.24, 2.45) is 5.92 Å². The van der Waals surface area contributed by atoms with E-state index in [1.165, 1.54) is 0 Å². The number of amides is 2. The Morgan fingerprint density at radius 3 is 2.59 bits per heavy atom. The number of anilines is 3. The van der Waals surface area contributed by atoms with E-state index >= 15 is 0 Å². The quantitative estimate of drug-likeness (QED) is 0.155. The van der Waals surface area contributed by atoms with Gasteiger partial charge in [-0.25, -0.2) is 0 Å². The van der Waals surface area contributed by atoms with E-state index in [2.05, 4.69) is 26.2 Å². The Labute approximate surface area is 292 Å². The highest BCUT2D eigenvalue weighted by Crippen LogP contribution is 2.47. The van der Waals surface area contributed by atoms with Crippen LogP contribution in [-0.2, 0) is 29.9 Å². The number of benzene rings is 4. The van der Waals surface area contributed by atoms with Gasteiger partial charge in [0.25, 0.3) is 11.8 Å². The van der Waals surface area contributed by atoms with Crippen LogP contribution in [0, 0.1) is 5.92 Å². The van der Waals surface area contributed by atoms with E-state index in [0.717, 1.165) is 15.7 Å². The van der Waals surface area contributed by atoms with Crippen molar-refractivity contribution >= 4 is 44.8 Å². The summed E-state index contributed by atoms with van der Waals surface area (Å²) >= 11 is 3.53. The lowest BCUT2D eigenvalue weighted by Gasteiger charge is -2.28. The van der Waals surface area contributed by atoms with Gasteiger partial charge in [-0.3, -0.25) is 19.2 Å². The average molecular weight is 721 g/mol. The van der Waals surface area contributed by atoms with Crippen molar-refractivity contribution in [3.8, 4) is 11.5 Å². The summed E-state index contributed by atoms with van der Waals surface area (Å²) in [6.07, 6.45) is 6.67. The van der Waals surface area contributed by atoms with Crippen molar-refractivity contribution < 1.29 is 24.5 Å². The fraction of sp³-hybridized carbons (Fsp3) is 0.211. The van der Waals surface area contributed by atoms with Gasteiger partial charge in [-0.05, 0) is 66.6 Å². The Morgan fingerprint density at radius 2 is 1.76 bits per heavy atom. The van der Waals surface area contributed by atoms with Gasteiger partial charge < -0.3 is 19.8 Å². The van der Waals surface area contributed by atoms with Crippen LogP contribution in [0.4, 0.5) is 17.1 Å². The zero-order valence-corrected chi connectivity index (χ0v) is 28.3. The molecular weight excluding hydrogens is 686 g/mol. The number of para-hydroxylation sites is 3. The standard InChI is InChI=1S/C38H34BrN5O5/c1-25(9-6-7-19-42-24-28(18-20-45)40-41-42)38(48)31-22-27(39)16-17-32(31)43(37(38)47)23-26-10-8-11-29(21-26)44-33-13-3-5-15-35(33)49-34-14-4-2-12-30(34)36(44)46/h2-6,8-17,21-22,24-25,45,48H,7,18-20,23H2,1H3/b9-6+/t25-,38+/m1/s1. The minimum Gasteiger partial charge on any atom is -0.454 e. The van der Waals surface area contributed by atoms with Crippen LogP contribution in [0.5, 0.6) is 11.5 Å². The number of aromatic nitrogens is 3. The van der Waals surface area contributed by atoms with Crippen molar-refractivity contribution in [1.82, 2.24) is 15.0 Å². The average Bonchev–Trinajstić information content (AvgIpc) is 3.60. The number of carbonyl (C=O) groups is 2. The second kappa shape index (κ2) is 13.4. The molecule has 0 unspecified atom stereocenters. The fourth-order valence-electron chi connectivity index (χ4n) is 6.44. The van der Waals surface area contributed by atoms with Gasteiger partial charge in [-0.2, -0.15) is 0 Å². The zero-order chi connectivity index (χ0) is 34.1. The molecule has 2 amide bonds. The molecular formula is C38H34BrN5O5. The molecule has 10 nitrogen and oxygen atoms in total. The second-order valence-corrected chi connectivity index (χ2v) is 13.1.